The molecule has 6 heteroatoms. The van der Waals surface area contributed by atoms with E-state index in [4.69, 9.17) is 17.3 Å². The lowest BCUT2D eigenvalue weighted by Crippen LogP contribution is -2.46. The summed E-state index contributed by atoms with van der Waals surface area (Å²) in [5.74, 6) is 1.31. The van der Waals surface area contributed by atoms with Crippen LogP contribution in [0.15, 0.2) is 18.3 Å². The van der Waals surface area contributed by atoms with Gasteiger partial charge in [0.15, 0.2) is 5.65 Å². The molecule has 1 fully saturated rings. The predicted octanol–water partition coefficient (Wildman–Crippen LogP) is 1.56. The van der Waals surface area contributed by atoms with Crippen LogP contribution in [-0.4, -0.2) is 33.7 Å². The number of fused-ring (bicyclic) bond motifs is 1. The maximum atomic E-state index is 6.05. The van der Waals surface area contributed by atoms with Crippen molar-refractivity contribution in [2.24, 2.45) is 11.7 Å². The Morgan fingerprint density at radius 1 is 1.39 bits per heavy atom. The lowest BCUT2D eigenvalue weighted by Gasteiger charge is -2.33. The number of hydrogen-bond acceptors (Lipinski definition) is 4. The Morgan fingerprint density at radius 2 is 2.22 bits per heavy atom. The van der Waals surface area contributed by atoms with Gasteiger partial charge in [0.2, 0.25) is 5.95 Å². The van der Waals surface area contributed by atoms with E-state index in [1.165, 1.54) is 0 Å². The molecule has 3 heterocycles. The largest absolute Gasteiger partial charge is 0.338 e. The zero-order valence-electron chi connectivity index (χ0n) is 10.3. The number of nitrogens with zero attached hydrogens (tertiary/aromatic N) is 4. The molecule has 0 radical (unpaired) electrons. The second-order valence-electron chi connectivity index (χ2n) is 5.07. The summed E-state index contributed by atoms with van der Waals surface area (Å²) in [6.45, 7) is 3.98. The maximum Gasteiger partial charge on any atom is 0.245 e. The Hall–Kier alpha value is -1.33. The molecule has 1 saturated heterocycles. The highest BCUT2D eigenvalue weighted by Crippen LogP contribution is 2.20. The van der Waals surface area contributed by atoms with E-state index >= 15 is 0 Å². The molecule has 1 aliphatic heterocycles. The first-order valence-corrected chi connectivity index (χ1v) is 6.52. The Bertz CT molecular complexity index is 557. The van der Waals surface area contributed by atoms with Crippen molar-refractivity contribution in [3.05, 3.63) is 23.4 Å². The van der Waals surface area contributed by atoms with Crippen molar-refractivity contribution in [1.29, 1.82) is 0 Å². The van der Waals surface area contributed by atoms with Crippen molar-refractivity contribution in [3.8, 4) is 0 Å². The molecule has 0 spiro atoms. The fraction of sp³-hybridized carbons (Fsp3) is 0.500. The zero-order valence-corrected chi connectivity index (χ0v) is 11.0. The van der Waals surface area contributed by atoms with Crippen LogP contribution in [0.3, 0.4) is 0 Å². The molecule has 0 amide bonds. The van der Waals surface area contributed by atoms with Crippen LogP contribution in [0, 0.1) is 5.92 Å². The molecule has 18 heavy (non-hydrogen) atoms. The van der Waals surface area contributed by atoms with Gasteiger partial charge in [0.1, 0.15) is 0 Å². The normalized spacial score (nSPS) is 24.7. The van der Waals surface area contributed by atoms with Crippen LogP contribution < -0.4 is 10.6 Å². The maximum absolute atomic E-state index is 6.05. The third-order valence-corrected chi connectivity index (χ3v) is 3.48. The number of nitrogens with two attached hydrogens (primary N) is 1. The van der Waals surface area contributed by atoms with Gasteiger partial charge in [-0.15, -0.1) is 5.10 Å². The summed E-state index contributed by atoms with van der Waals surface area (Å²) in [6.07, 6.45) is 2.83. The van der Waals surface area contributed by atoms with E-state index in [0.29, 0.717) is 10.9 Å². The Labute approximate surface area is 111 Å². The molecule has 96 valence electrons. The summed E-state index contributed by atoms with van der Waals surface area (Å²) < 4.78 is 1.71. The minimum absolute atomic E-state index is 0.198. The molecule has 2 aromatic heterocycles. The average molecular weight is 266 g/mol. The molecule has 5 nitrogen and oxygen atoms in total. The molecular formula is C12H16ClN5. The SMILES string of the molecule is CC1CC(N)CN(c2nc3ccc(Cl)cn3n2)C1. The van der Waals surface area contributed by atoms with Gasteiger partial charge in [-0.25, -0.2) is 4.52 Å². The van der Waals surface area contributed by atoms with Gasteiger partial charge in [-0.3, -0.25) is 0 Å². The van der Waals surface area contributed by atoms with Crippen LogP contribution >= 0.6 is 11.6 Å². The van der Waals surface area contributed by atoms with E-state index in [-0.39, 0.29) is 6.04 Å². The number of hydrogen-bond donors (Lipinski definition) is 1. The van der Waals surface area contributed by atoms with Crippen LogP contribution in [0.2, 0.25) is 5.02 Å². The highest BCUT2D eigenvalue weighted by molar-refractivity contribution is 6.30. The van der Waals surface area contributed by atoms with E-state index in [1.807, 2.05) is 12.1 Å². The van der Waals surface area contributed by atoms with Gasteiger partial charge in [0.05, 0.1) is 5.02 Å². The summed E-state index contributed by atoms with van der Waals surface area (Å²) >= 11 is 5.94. The van der Waals surface area contributed by atoms with E-state index in [9.17, 15) is 0 Å². The Morgan fingerprint density at radius 3 is 3.00 bits per heavy atom. The minimum atomic E-state index is 0.198. The van der Waals surface area contributed by atoms with Crippen molar-refractivity contribution in [1.82, 2.24) is 14.6 Å². The number of aromatic nitrogens is 3. The molecular weight excluding hydrogens is 250 g/mol. The van der Waals surface area contributed by atoms with Gasteiger partial charge in [0.25, 0.3) is 0 Å². The van der Waals surface area contributed by atoms with Crippen molar-refractivity contribution in [2.75, 3.05) is 18.0 Å². The topological polar surface area (TPSA) is 59.5 Å². The fourth-order valence-electron chi connectivity index (χ4n) is 2.54. The van der Waals surface area contributed by atoms with Crippen LogP contribution in [0.1, 0.15) is 13.3 Å². The van der Waals surface area contributed by atoms with Gasteiger partial charge in [0, 0.05) is 25.3 Å². The highest BCUT2D eigenvalue weighted by Gasteiger charge is 2.24. The van der Waals surface area contributed by atoms with E-state index in [2.05, 4.69) is 21.9 Å². The summed E-state index contributed by atoms with van der Waals surface area (Å²) in [7, 11) is 0. The van der Waals surface area contributed by atoms with E-state index in [1.54, 1.807) is 10.7 Å². The number of anilines is 1. The summed E-state index contributed by atoms with van der Waals surface area (Å²) in [5, 5.41) is 5.11. The average Bonchev–Trinajstić information content (AvgIpc) is 2.70. The standard InChI is InChI=1S/C12H16ClN5/c1-8-4-10(14)7-17(5-8)12-15-11-3-2-9(13)6-18(11)16-12/h2-3,6,8,10H,4-5,7,14H2,1H3. The van der Waals surface area contributed by atoms with Crippen molar-refractivity contribution < 1.29 is 0 Å². The summed E-state index contributed by atoms with van der Waals surface area (Å²) in [5.41, 5.74) is 6.85. The molecule has 2 aromatic rings. The first-order valence-electron chi connectivity index (χ1n) is 6.14. The summed E-state index contributed by atoms with van der Waals surface area (Å²) in [6, 6.07) is 3.88. The molecule has 2 N–H and O–H groups in total. The Balaban J connectivity index is 1.93. The smallest absolute Gasteiger partial charge is 0.245 e. The molecule has 1 aliphatic rings. The fourth-order valence-corrected chi connectivity index (χ4v) is 2.70. The minimum Gasteiger partial charge on any atom is -0.338 e. The lowest BCUT2D eigenvalue weighted by atomic mass is 9.97. The molecule has 2 unspecified atom stereocenters. The van der Waals surface area contributed by atoms with Gasteiger partial charge < -0.3 is 10.6 Å². The van der Waals surface area contributed by atoms with Crippen molar-refractivity contribution >= 4 is 23.2 Å². The zero-order chi connectivity index (χ0) is 12.7. The molecule has 0 bridgehead atoms. The molecule has 3 rings (SSSR count). The number of piperidine rings is 1. The van der Waals surface area contributed by atoms with Crippen LogP contribution in [0.5, 0.6) is 0 Å². The van der Waals surface area contributed by atoms with E-state index in [0.717, 1.165) is 31.1 Å². The van der Waals surface area contributed by atoms with Crippen LogP contribution in [-0.2, 0) is 0 Å². The Kier molecular flexibility index (Phi) is 2.87. The third kappa shape index (κ3) is 2.15. The van der Waals surface area contributed by atoms with Crippen molar-refractivity contribution in [2.45, 2.75) is 19.4 Å². The van der Waals surface area contributed by atoms with Gasteiger partial charge in [-0.1, -0.05) is 18.5 Å². The van der Waals surface area contributed by atoms with Gasteiger partial charge in [-0.2, -0.15) is 4.98 Å². The molecule has 0 saturated carbocycles. The van der Waals surface area contributed by atoms with Crippen molar-refractivity contribution in [3.63, 3.8) is 0 Å². The third-order valence-electron chi connectivity index (χ3n) is 3.26. The first kappa shape index (κ1) is 11.7. The van der Waals surface area contributed by atoms with Crippen LogP contribution in [0.4, 0.5) is 5.95 Å². The second-order valence-corrected chi connectivity index (χ2v) is 5.50. The monoisotopic (exact) mass is 265 g/mol. The summed E-state index contributed by atoms with van der Waals surface area (Å²) in [4.78, 5) is 6.66. The quantitative estimate of drug-likeness (QED) is 0.850. The number of halogens is 1. The van der Waals surface area contributed by atoms with Crippen LogP contribution in [0.25, 0.3) is 5.65 Å². The number of pyridine rings is 1. The molecule has 0 aromatic carbocycles. The molecule has 2 atom stereocenters. The second kappa shape index (κ2) is 4.40. The number of rotatable bonds is 1. The van der Waals surface area contributed by atoms with Gasteiger partial charge in [-0.05, 0) is 24.5 Å². The van der Waals surface area contributed by atoms with E-state index < -0.39 is 0 Å². The highest BCUT2D eigenvalue weighted by atomic mass is 35.5. The first-order chi connectivity index (χ1) is 8.61. The van der Waals surface area contributed by atoms with Gasteiger partial charge >= 0.3 is 0 Å². The predicted molar refractivity (Wildman–Crippen MR) is 72.0 cm³/mol. The lowest BCUT2D eigenvalue weighted by molar-refractivity contribution is 0.398. The molecule has 0 aliphatic carbocycles.